The first-order chi connectivity index (χ1) is 13.6. The number of hydrogen-bond donors (Lipinski definition) is 1. The first-order valence-corrected chi connectivity index (χ1v) is 11.1. The van der Waals surface area contributed by atoms with Crippen molar-refractivity contribution in [1.82, 2.24) is 5.32 Å². The van der Waals surface area contributed by atoms with Crippen LogP contribution in [-0.4, -0.2) is 6.04 Å². The first-order valence-electron chi connectivity index (χ1n) is 11.1. The maximum atomic E-state index is 4.47. The molecule has 0 atom stereocenters. The van der Waals surface area contributed by atoms with Gasteiger partial charge in [-0.1, -0.05) is 88.6 Å². The van der Waals surface area contributed by atoms with Gasteiger partial charge in [0, 0.05) is 17.3 Å². The third-order valence-electron chi connectivity index (χ3n) is 5.84. The van der Waals surface area contributed by atoms with Crippen LogP contribution < -0.4 is 5.32 Å². The summed E-state index contributed by atoms with van der Waals surface area (Å²) in [6, 6.07) is 9.60. The Bertz CT molecular complexity index is 696. The van der Waals surface area contributed by atoms with Gasteiger partial charge in [-0.25, -0.2) is 0 Å². The fourth-order valence-corrected chi connectivity index (χ4v) is 4.24. The second-order valence-electron chi connectivity index (χ2n) is 8.20. The second-order valence-corrected chi connectivity index (χ2v) is 8.20. The van der Waals surface area contributed by atoms with Crippen LogP contribution in [0.2, 0.25) is 0 Å². The molecule has 152 valence electrons. The Labute approximate surface area is 173 Å². The van der Waals surface area contributed by atoms with E-state index in [1.807, 2.05) is 6.08 Å². The summed E-state index contributed by atoms with van der Waals surface area (Å²) in [5.74, 6) is 0. The van der Waals surface area contributed by atoms with Crippen LogP contribution in [0.4, 0.5) is 0 Å². The molecule has 1 nitrogen and oxygen atoms in total. The highest BCUT2D eigenvalue weighted by molar-refractivity contribution is 5.82. The lowest BCUT2D eigenvalue weighted by atomic mass is 9.90. The van der Waals surface area contributed by atoms with Crippen LogP contribution in [0.15, 0.2) is 66.4 Å². The number of hydrogen-bond acceptors (Lipinski definition) is 1. The predicted molar refractivity (Wildman–Crippen MR) is 125 cm³/mol. The van der Waals surface area contributed by atoms with Crippen LogP contribution in [0.1, 0.15) is 83.3 Å². The van der Waals surface area contributed by atoms with Gasteiger partial charge >= 0.3 is 0 Å². The van der Waals surface area contributed by atoms with Gasteiger partial charge in [0.1, 0.15) is 0 Å². The molecule has 1 fully saturated rings. The lowest BCUT2D eigenvalue weighted by molar-refractivity contribution is 0.396. The molecule has 0 bridgehead atoms. The Morgan fingerprint density at radius 2 is 1.75 bits per heavy atom. The summed E-state index contributed by atoms with van der Waals surface area (Å²) in [6.07, 6.45) is 15.6. The quantitative estimate of drug-likeness (QED) is 0.324. The Morgan fingerprint density at radius 1 is 1.07 bits per heavy atom. The molecule has 1 aromatic rings. The van der Waals surface area contributed by atoms with Crippen molar-refractivity contribution in [1.29, 1.82) is 0 Å². The van der Waals surface area contributed by atoms with Crippen LogP contribution in [0.5, 0.6) is 0 Å². The lowest BCUT2D eigenvalue weighted by Crippen LogP contribution is -2.30. The van der Waals surface area contributed by atoms with Crippen molar-refractivity contribution in [2.24, 2.45) is 0 Å². The Morgan fingerprint density at radius 3 is 2.36 bits per heavy atom. The van der Waals surface area contributed by atoms with Crippen LogP contribution in [-0.2, 0) is 6.42 Å². The van der Waals surface area contributed by atoms with Gasteiger partial charge in [-0.15, -0.1) is 0 Å². The molecule has 1 aromatic carbocycles. The van der Waals surface area contributed by atoms with Gasteiger partial charge in [-0.3, -0.25) is 0 Å². The summed E-state index contributed by atoms with van der Waals surface area (Å²) in [7, 11) is 0. The maximum Gasteiger partial charge on any atom is 0.0258 e. The molecule has 1 aliphatic carbocycles. The molecule has 0 aliphatic heterocycles. The standard InChI is InChI=1S/C27H39N/c1-6-8-10-14-24-17-19-25(20-18-24)22(4)27(21(3)13-7-2)23(5)28-26-15-11-9-12-16-26/h7,13,17-20,26,28H,2,4,6,8-12,14-16H2,1,3,5H3/b21-13-,27-23-. The van der Waals surface area contributed by atoms with Crippen LogP contribution in [0, 0.1) is 0 Å². The van der Waals surface area contributed by atoms with Crippen molar-refractivity contribution < 1.29 is 0 Å². The van der Waals surface area contributed by atoms with E-state index in [0.717, 1.165) is 5.57 Å². The summed E-state index contributed by atoms with van der Waals surface area (Å²) in [5.41, 5.74) is 7.40. The number of nitrogens with one attached hydrogen (secondary N) is 1. The van der Waals surface area contributed by atoms with Crippen molar-refractivity contribution in [2.75, 3.05) is 0 Å². The molecule has 0 radical (unpaired) electrons. The van der Waals surface area contributed by atoms with Gasteiger partial charge in [0.15, 0.2) is 0 Å². The van der Waals surface area contributed by atoms with E-state index >= 15 is 0 Å². The number of unbranched alkanes of at least 4 members (excludes halogenated alkanes) is 2. The van der Waals surface area contributed by atoms with E-state index in [9.17, 15) is 0 Å². The predicted octanol–water partition coefficient (Wildman–Crippen LogP) is 7.76. The highest BCUT2D eigenvalue weighted by Crippen LogP contribution is 2.30. The minimum Gasteiger partial charge on any atom is -0.385 e. The molecule has 1 N–H and O–H groups in total. The molecule has 0 spiro atoms. The smallest absolute Gasteiger partial charge is 0.0258 e. The summed E-state index contributed by atoms with van der Waals surface area (Å²) in [5, 5.41) is 3.80. The van der Waals surface area contributed by atoms with Crippen LogP contribution in [0.3, 0.4) is 0 Å². The number of aryl methyl sites for hydroxylation is 1. The average Bonchev–Trinajstić information content (AvgIpc) is 2.70. The van der Waals surface area contributed by atoms with Crippen molar-refractivity contribution in [3.05, 3.63) is 77.5 Å². The summed E-state index contributed by atoms with van der Waals surface area (Å²) in [6.45, 7) is 15.0. The van der Waals surface area contributed by atoms with Gasteiger partial charge in [-0.05, 0) is 61.8 Å². The molecule has 0 heterocycles. The van der Waals surface area contributed by atoms with Crippen molar-refractivity contribution in [3.63, 3.8) is 0 Å². The highest BCUT2D eigenvalue weighted by Gasteiger charge is 2.17. The van der Waals surface area contributed by atoms with Gasteiger partial charge < -0.3 is 5.32 Å². The molecule has 28 heavy (non-hydrogen) atoms. The molecular formula is C27H39N. The molecule has 0 saturated heterocycles. The van der Waals surface area contributed by atoms with Crippen LogP contribution >= 0.6 is 0 Å². The van der Waals surface area contributed by atoms with Gasteiger partial charge in [0.25, 0.3) is 0 Å². The Kier molecular flexibility index (Phi) is 9.34. The molecule has 0 amide bonds. The van der Waals surface area contributed by atoms with E-state index in [-0.39, 0.29) is 0 Å². The number of rotatable bonds is 10. The average molecular weight is 378 g/mol. The Balaban J connectivity index is 2.22. The van der Waals surface area contributed by atoms with E-state index in [1.54, 1.807) is 0 Å². The fourth-order valence-electron chi connectivity index (χ4n) is 4.24. The minimum absolute atomic E-state index is 0.592. The molecule has 2 rings (SSSR count). The fraction of sp³-hybridized carbons (Fsp3) is 0.481. The monoisotopic (exact) mass is 377 g/mol. The normalized spacial score (nSPS) is 16.5. The summed E-state index contributed by atoms with van der Waals surface area (Å²) in [4.78, 5) is 0. The van der Waals surface area contributed by atoms with E-state index in [0.29, 0.717) is 6.04 Å². The molecule has 1 heteroatoms. The summed E-state index contributed by atoms with van der Waals surface area (Å²) < 4.78 is 0. The second kappa shape index (κ2) is 11.7. The summed E-state index contributed by atoms with van der Waals surface area (Å²) >= 11 is 0. The minimum atomic E-state index is 0.592. The van der Waals surface area contributed by atoms with E-state index in [4.69, 9.17) is 0 Å². The van der Waals surface area contributed by atoms with Crippen molar-refractivity contribution >= 4 is 5.57 Å². The Hall–Kier alpha value is -2.02. The van der Waals surface area contributed by atoms with Gasteiger partial charge in [0.05, 0.1) is 0 Å². The largest absolute Gasteiger partial charge is 0.385 e. The van der Waals surface area contributed by atoms with E-state index < -0.39 is 0 Å². The molecule has 0 unspecified atom stereocenters. The van der Waals surface area contributed by atoms with Crippen LogP contribution in [0.25, 0.3) is 5.57 Å². The van der Waals surface area contributed by atoms with Crippen molar-refractivity contribution in [3.8, 4) is 0 Å². The number of benzene rings is 1. The van der Waals surface area contributed by atoms with Gasteiger partial charge in [0.2, 0.25) is 0 Å². The van der Waals surface area contributed by atoms with Gasteiger partial charge in [-0.2, -0.15) is 0 Å². The topological polar surface area (TPSA) is 12.0 Å². The number of allylic oxidation sites excluding steroid dienone is 6. The zero-order valence-electron chi connectivity index (χ0n) is 18.3. The SMILES string of the molecule is C=C/C=C(C)\C(C(=C)c1ccc(CCCCC)cc1)=C(/C)NC1CCCCC1. The third-order valence-corrected chi connectivity index (χ3v) is 5.84. The lowest BCUT2D eigenvalue weighted by Gasteiger charge is -2.26. The van der Waals surface area contributed by atoms with E-state index in [2.05, 4.69) is 69.6 Å². The zero-order chi connectivity index (χ0) is 20.4. The van der Waals surface area contributed by atoms with Crippen molar-refractivity contribution in [2.45, 2.75) is 84.6 Å². The zero-order valence-corrected chi connectivity index (χ0v) is 18.3. The first kappa shape index (κ1) is 22.3. The molecular weight excluding hydrogens is 338 g/mol. The van der Waals surface area contributed by atoms with E-state index in [1.165, 1.54) is 85.8 Å². The third kappa shape index (κ3) is 6.55. The molecule has 1 aliphatic rings. The molecule has 0 aromatic heterocycles. The maximum absolute atomic E-state index is 4.47. The highest BCUT2D eigenvalue weighted by atomic mass is 14.9. The molecule has 1 saturated carbocycles.